The van der Waals surface area contributed by atoms with Crippen LogP contribution >= 0.6 is 0 Å². The third-order valence-electron chi connectivity index (χ3n) is 3.79. The summed E-state index contributed by atoms with van der Waals surface area (Å²) in [4.78, 5) is 13.5. The number of nitrogens with zero attached hydrogens (tertiary/aromatic N) is 1. The largest absolute Gasteiger partial charge is 0.497 e. The summed E-state index contributed by atoms with van der Waals surface area (Å²) in [7, 11) is 1.65. The molecule has 19 heavy (non-hydrogen) atoms. The summed E-state index contributed by atoms with van der Waals surface area (Å²) in [6.45, 7) is 2.09. The lowest BCUT2D eigenvalue weighted by molar-refractivity contribution is -0.121. The number of rotatable bonds is 5. The van der Waals surface area contributed by atoms with Crippen LogP contribution in [-0.4, -0.2) is 37.6 Å². The van der Waals surface area contributed by atoms with Gasteiger partial charge in [-0.1, -0.05) is 12.1 Å². The molecule has 0 radical (unpaired) electrons. The Morgan fingerprint density at radius 2 is 2.16 bits per heavy atom. The van der Waals surface area contributed by atoms with Crippen LogP contribution in [0, 0.1) is 5.92 Å². The van der Waals surface area contributed by atoms with Crippen molar-refractivity contribution >= 4 is 5.91 Å². The molecular formula is C14H21N3O2. The van der Waals surface area contributed by atoms with Gasteiger partial charge in [0, 0.05) is 19.1 Å². The smallest absolute Gasteiger partial charge is 0.221 e. The molecule has 5 nitrogen and oxygen atoms in total. The summed E-state index contributed by atoms with van der Waals surface area (Å²) in [6, 6.07) is 8.04. The molecule has 0 aromatic heterocycles. The number of benzene rings is 1. The zero-order chi connectivity index (χ0) is 13.8. The molecular weight excluding hydrogens is 242 g/mol. The molecule has 0 saturated carbocycles. The zero-order valence-electron chi connectivity index (χ0n) is 11.2. The van der Waals surface area contributed by atoms with Crippen LogP contribution in [0.25, 0.3) is 0 Å². The first-order valence-corrected chi connectivity index (χ1v) is 6.53. The highest BCUT2D eigenvalue weighted by Crippen LogP contribution is 2.28. The third-order valence-corrected chi connectivity index (χ3v) is 3.79. The van der Waals surface area contributed by atoms with Crippen LogP contribution in [0.3, 0.4) is 0 Å². The Balaban J connectivity index is 2.09. The van der Waals surface area contributed by atoms with E-state index in [-0.39, 0.29) is 17.9 Å². The molecule has 4 N–H and O–H groups in total. The maximum absolute atomic E-state index is 11.2. The van der Waals surface area contributed by atoms with E-state index >= 15 is 0 Å². The Morgan fingerprint density at radius 1 is 1.47 bits per heavy atom. The van der Waals surface area contributed by atoms with Crippen molar-refractivity contribution in [2.75, 3.05) is 26.7 Å². The summed E-state index contributed by atoms with van der Waals surface area (Å²) >= 11 is 0. The van der Waals surface area contributed by atoms with Crippen LogP contribution in [0.5, 0.6) is 5.75 Å². The van der Waals surface area contributed by atoms with E-state index in [0.717, 1.165) is 24.3 Å². The second-order valence-corrected chi connectivity index (χ2v) is 4.91. The normalized spacial score (nSPS) is 21.3. The average molecular weight is 263 g/mol. The Labute approximate surface area is 113 Å². The van der Waals surface area contributed by atoms with Crippen molar-refractivity contribution in [3.05, 3.63) is 29.8 Å². The quantitative estimate of drug-likeness (QED) is 0.810. The molecule has 1 heterocycles. The topological polar surface area (TPSA) is 81.6 Å². The maximum Gasteiger partial charge on any atom is 0.221 e. The van der Waals surface area contributed by atoms with E-state index in [4.69, 9.17) is 16.2 Å². The molecule has 1 amide bonds. The van der Waals surface area contributed by atoms with Gasteiger partial charge >= 0.3 is 0 Å². The van der Waals surface area contributed by atoms with Crippen LogP contribution in [0.4, 0.5) is 0 Å². The molecule has 2 atom stereocenters. The monoisotopic (exact) mass is 263 g/mol. The van der Waals surface area contributed by atoms with Crippen molar-refractivity contribution in [2.24, 2.45) is 17.4 Å². The van der Waals surface area contributed by atoms with Crippen molar-refractivity contribution in [3.63, 3.8) is 0 Å². The minimum Gasteiger partial charge on any atom is -0.497 e. The van der Waals surface area contributed by atoms with Gasteiger partial charge in [-0.3, -0.25) is 9.69 Å². The van der Waals surface area contributed by atoms with Gasteiger partial charge in [0.2, 0.25) is 5.91 Å². The van der Waals surface area contributed by atoms with Gasteiger partial charge in [-0.05, 0) is 30.7 Å². The summed E-state index contributed by atoms with van der Waals surface area (Å²) in [6.07, 6.45) is 0.821. The van der Waals surface area contributed by atoms with Crippen LogP contribution in [0.1, 0.15) is 18.0 Å². The highest BCUT2D eigenvalue weighted by atomic mass is 16.5. The van der Waals surface area contributed by atoms with Crippen LogP contribution < -0.4 is 16.2 Å². The Morgan fingerprint density at radius 3 is 2.63 bits per heavy atom. The van der Waals surface area contributed by atoms with Crippen molar-refractivity contribution < 1.29 is 9.53 Å². The van der Waals surface area contributed by atoms with Crippen LogP contribution in [0.15, 0.2) is 24.3 Å². The molecule has 104 valence electrons. The Hall–Kier alpha value is -1.59. The fraction of sp³-hybridized carbons (Fsp3) is 0.500. The van der Waals surface area contributed by atoms with Gasteiger partial charge in [0.1, 0.15) is 5.75 Å². The maximum atomic E-state index is 11.2. The molecule has 5 heteroatoms. The molecule has 0 spiro atoms. The molecule has 1 aromatic rings. The number of amides is 1. The standard InChI is InChI=1S/C14H21N3O2/c1-19-12-4-2-10(3-5-12)13(8-15)17-7-6-11(9-17)14(16)18/h2-5,11,13H,6-9,15H2,1H3,(H2,16,18). The zero-order valence-corrected chi connectivity index (χ0v) is 11.2. The lowest BCUT2D eigenvalue weighted by atomic mass is 10.1. The van der Waals surface area contributed by atoms with Gasteiger partial charge in [0.25, 0.3) is 0 Å². The Bertz CT molecular complexity index is 433. The van der Waals surface area contributed by atoms with E-state index in [1.165, 1.54) is 0 Å². The number of likely N-dealkylation sites (tertiary alicyclic amines) is 1. The SMILES string of the molecule is COc1ccc(C(CN)N2CCC(C(N)=O)C2)cc1. The van der Waals surface area contributed by atoms with E-state index in [0.29, 0.717) is 13.1 Å². The molecule has 2 unspecified atom stereocenters. The van der Waals surface area contributed by atoms with Gasteiger partial charge in [-0.15, -0.1) is 0 Å². The molecule has 1 aliphatic heterocycles. The first-order chi connectivity index (χ1) is 9.15. The lowest BCUT2D eigenvalue weighted by Crippen LogP contribution is -2.34. The van der Waals surface area contributed by atoms with E-state index in [1.54, 1.807) is 7.11 Å². The van der Waals surface area contributed by atoms with Gasteiger partial charge < -0.3 is 16.2 Å². The highest BCUT2D eigenvalue weighted by molar-refractivity contribution is 5.77. The number of hydrogen-bond acceptors (Lipinski definition) is 4. The number of ether oxygens (including phenoxy) is 1. The number of nitrogens with two attached hydrogens (primary N) is 2. The van der Waals surface area contributed by atoms with Crippen molar-refractivity contribution in [2.45, 2.75) is 12.5 Å². The third kappa shape index (κ3) is 3.05. The summed E-state index contributed by atoms with van der Waals surface area (Å²) < 4.78 is 5.15. The summed E-state index contributed by atoms with van der Waals surface area (Å²) in [5.41, 5.74) is 12.4. The van der Waals surface area contributed by atoms with Gasteiger partial charge in [-0.2, -0.15) is 0 Å². The van der Waals surface area contributed by atoms with Gasteiger partial charge in [0.15, 0.2) is 0 Å². The number of hydrogen-bond donors (Lipinski definition) is 2. The second-order valence-electron chi connectivity index (χ2n) is 4.91. The first kappa shape index (κ1) is 13.8. The van der Waals surface area contributed by atoms with E-state index < -0.39 is 0 Å². The Kier molecular flexibility index (Phi) is 4.39. The molecule has 1 fully saturated rings. The van der Waals surface area contributed by atoms with Gasteiger partial charge in [-0.25, -0.2) is 0 Å². The predicted molar refractivity (Wildman–Crippen MR) is 73.7 cm³/mol. The average Bonchev–Trinajstić information content (AvgIpc) is 2.90. The molecule has 1 saturated heterocycles. The fourth-order valence-electron chi connectivity index (χ4n) is 2.62. The lowest BCUT2D eigenvalue weighted by Gasteiger charge is -2.27. The minimum absolute atomic E-state index is 0.0488. The van der Waals surface area contributed by atoms with Crippen molar-refractivity contribution in [3.8, 4) is 5.75 Å². The number of carbonyl (C=O) groups excluding carboxylic acids is 1. The van der Waals surface area contributed by atoms with Crippen LogP contribution in [0.2, 0.25) is 0 Å². The second kappa shape index (κ2) is 6.04. The molecule has 1 aromatic carbocycles. The van der Waals surface area contributed by atoms with Gasteiger partial charge in [0.05, 0.1) is 13.0 Å². The number of methoxy groups -OCH3 is 1. The number of carbonyl (C=O) groups is 1. The van der Waals surface area contributed by atoms with Crippen molar-refractivity contribution in [1.29, 1.82) is 0 Å². The van der Waals surface area contributed by atoms with E-state index in [1.807, 2.05) is 24.3 Å². The van der Waals surface area contributed by atoms with E-state index in [2.05, 4.69) is 4.90 Å². The predicted octanol–water partition coefficient (Wildman–Crippen LogP) is 0.502. The molecule has 0 bridgehead atoms. The first-order valence-electron chi connectivity index (χ1n) is 6.53. The van der Waals surface area contributed by atoms with Crippen LogP contribution in [-0.2, 0) is 4.79 Å². The van der Waals surface area contributed by atoms with E-state index in [9.17, 15) is 4.79 Å². The molecule has 0 aliphatic carbocycles. The molecule has 2 rings (SSSR count). The summed E-state index contributed by atoms with van der Waals surface area (Å²) in [5, 5.41) is 0. The molecule has 1 aliphatic rings. The highest BCUT2D eigenvalue weighted by Gasteiger charge is 2.31. The minimum atomic E-state index is -0.215. The van der Waals surface area contributed by atoms with Crippen molar-refractivity contribution in [1.82, 2.24) is 4.90 Å². The fourth-order valence-corrected chi connectivity index (χ4v) is 2.62. The summed E-state index contributed by atoms with van der Waals surface area (Å²) in [5.74, 6) is 0.566. The number of primary amides is 1.